The van der Waals surface area contributed by atoms with E-state index >= 15 is 0 Å². The summed E-state index contributed by atoms with van der Waals surface area (Å²) < 4.78 is 0. The molecule has 230 valence electrons. The van der Waals surface area contributed by atoms with E-state index < -0.39 is 0 Å². The second-order valence-electron chi connectivity index (χ2n) is 12.1. The molecule has 0 unspecified atom stereocenters. The van der Waals surface area contributed by atoms with Crippen LogP contribution in [0, 0.1) is 11.8 Å². The van der Waals surface area contributed by atoms with Crippen molar-refractivity contribution in [2.45, 2.75) is 27.7 Å². The normalized spacial score (nSPS) is 11.1. The molecule has 0 spiro atoms. The van der Waals surface area contributed by atoms with Gasteiger partial charge >= 0.3 is 0 Å². The van der Waals surface area contributed by atoms with Gasteiger partial charge in [-0.15, -0.1) is 0 Å². The SMILES string of the molecule is CCN(c1ccccc1)c1ccc([C+](c2ccc(N(CC)c3ccccc3)cc2)c2ccc(NCC(C)C)c3ccccc23)cc1. The van der Waals surface area contributed by atoms with Crippen molar-refractivity contribution >= 4 is 39.2 Å². The molecule has 0 aliphatic carbocycles. The van der Waals surface area contributed by atoms with E-state index in [2.05, 4.69) is 188 Å². The van der Waals surface area contributed by atoms with Crippen LogP contribution in [0.3, 0.4) is 0 Å². The Balaban J connectivity index is 1.44. The number of rotatable bonds is 12. The van der Waals surface area contributed by atoms with Crippen molar-refractivity contribution in [2.75, 3.05) is 34.8 Å². The molecule has 6 aromatic carbocycles. The van der Waals surface area contributed by atoms with Gasteiger partial charge in [0.05, 0.1) is 39.7 Å². The van der Waals surface area contributed by atoms with Crippen molar-refractivity contribution in [3.8, 4) is 0 Å². The molecule has 0 bridgehead atoms. The Bertz CT molecular complexity index is 1740. The number of hydrogen-bond donors (Lipinski definition) is 1. The van der Waals surface area contributed by atoms with Crippen LogP contribution in [0.25, 0.3) is 10.8 Å². The lowest BCUT2D eigenvalue weighted by atomic mass is 9.82. The molecule has 46 heavy (non-hydrogen) atoms. The molecule has 0 radical (unpaired) electrons. The Morgan fingerprint density at radius 2 is 0.935 bits per heavy atom. The summed E-state index contributed by atoms with van der Waals surface area (Å²) in [6, 6.07) is 52.8. The maximum Gasteiger partial charge on any atom is 0.0638 e. The number of anilines is 5. The number of nitrogens with one attached hydrogen (secondary N) is 1. The van der Waals surface area contributed by atoms with Crippen molar-refractivity contribution in [3.05, 3.63) is 168 Å². The number of benzene rings is 6. The van der Waals surface area contributed by atoms with Crippen LogP contribution in [-0.2, 0) is 0 Å². The van der Waals surface area contributed by atoms with Gasteiger partial charge in [-0.1, -0.05) is 62.4 Å². The van der Waals surface area contributed by atoms with Gasteiger partial charge in [-0.3, -0.25) is 0 Å². The van der Waals surface area contributed by atoms with Gasteiger partial charge in [0.1, 0.15) is 0 Å². The summed E-state index contributed by atoms with van der Waals surface area (Å²) >= 11 is 0. The van der Waals surface area contributed by atoms with Crippen LogP contribution in [0.1, 0.15) is 44.4 Å². The summed E-state index contributed by atoms with van der Waals surface area (Å²) in [6.45, 7) is 11.6. The largest absolute Gasteiger partial charge is 0.383 e. The molecule has 6 rings (SSSR count). The minimum absolute atomic E-state index is 0.565. The molecule has 0 aromatic heterocycles. The number of para-hydroxylation sites is 2. The summed E-state index contributed by atoms with van der Waals surface area (Å²) in [4.78, 5) is 4.71. The Morgan fingerprint density at radius 3 is 1.39 bits per heavy atom. The van der Waals surface area contributed by atoms with E-state index in [4.69, 9.17) is 0 Å². The summed E-state index contributed by atoms with van der Waals surface area (Å²) in [5.41, 5.74) is 9.59. The van der Waals surface area contributed by atoms with Crippen molar-refractivity contribution in [3.63, 3.8) is 0 Å². The van der Waals surface area contributed by atoms with Gasteiger partial charge < -0.3 is 15.1 Å². The molecule has 3 nitrogen and oxygen atoms in total. The second-order valence-corrected chi connectivity index (χ2v) is 12.1. The monoisotopic (exact) mass is 602 g/mol. The summed E-state index contributed by atoms with van der Waals surface area (Å²) in [6.07, 6.45) is 0. The summed E-state index contributed by atoms with van der Waals surface area (Å²) in [5, 5.41) is 6.19. The third kappa shape index (κ3) is 6.60. The van der Waals surface area contributed by atoms with E-state index in [0.717, 1.165) is 19.6 Å². The lowest BCUT2D eigenvalue weighted by Gasteiger charge is -2.24. The van der Waals surface area contributed by atoms with Gasteiger partial charge in [0.15, 0.2) is 0 Å². The summed E-state index contributed by atoms with van der Waals surface area (Å²) in [5.74, 6) is 1.80. The number of fused-ring (bicyclic) bond motifs is 1. The van der Waals surface area contributed by atoms with Gasteiger partial charge in [0.25, 0.3) is 0 Å². The van der Waals surface area contributed by atoms with Crippen molar-refractivity contribution in [1.82, 2.24) is 0 Å². The first-order chi connectivity index (χ1) is 22.6. The predicted molar refractivity (Wildman–Crippen MR) is 199 cm³/mol. The zero-order valence-corrected chi connectivity index (χ0v) is 27.4. The second kappa shape index (κ2) is 14.3. The molecule has 1 N–H and O–H groups in total. The molecule has 0 aliphatic heterocycles. The van der Waals surface area contributed by atoms with E-state index in [-0.39, 0.29) is 0 Å². The minimum Gasteiger partial charge on any atom is -0.383 e. The lowest BCUT2D eigenvalue weighted by Crippen LogP contribution is -2.16. The highest BCUT2D eigenvalue weighted by Gasteiger charge is 2.26. The lowest BCUT2D eigenvalue weighted by molar-refractivity contribution is 0.689. The van der Waals surface area contributed by atoms with Crippen LogP contribution in [0.2, 0.25) is 0 Å². The van der Waals surface area contributed by atoms with Crippen molar-refractivity contribution in [1.29, 1.82) is 0 Å². The van der Waals surface area contributed by atoms with E-state index in [1.807, 2.05) is 0 Å². The summed E-state index contributed by atoms with van der Waals surface area (Å²) in [7, 11) is 0. The molecular weight excluding hydrogens is 558 g/mol. The van der Waals surface area contributed by atoms with Gasteiger partial charge in [0, 0.05) is 41.8 Å². The average Bonchev–Trinajstić information content (AvgIpc) is 3.11. The third-order valence-corrected chi connectivity index (χ3v) is 8.60. The Labute approximate surface area is 275 Å². The molecule has 0 atom stereocenters. The van der Waals surface area contributed by atoms with Gasteiger partial charge in [0.2, 0.25) is 0 Å². The quantitative estimate of drug-likeness (QED) is 0.111. The highest BCUT2D eigenvalue weighted by Crippen LogP contribution is 2.39. The van der Waals surface area contributed by atoms with Crippen LogP contribution in [0.4, 0.5) is 28.4 Å². The van der Waals surface area contributed by atoms with Crippen LogP contribution in [0.15, 0.2) is 146 Å². The van der Waals surface area contributed by atoms with Gasteiger partial charge in [-0.25, -0.2) is 0 Å². The Kier molecular flexibility index (Phi) is 9.59. The molecule has 0 saturated heterocycles. The molecule has 3 heteroatoms. The molecule has 0 fully saturated rings. The van der Waals surface area contributed by atoms with Crippen LogP contribution in [-0.4, -0.2) is 19.6 Å². The highest BCUT2D eigenvalue weighted by molar-refractivity contribution is 5.98. The fourth-order valence-corrected chi connectivity index (χ4v) is 6.32. The fraction of sp³-hybridized carbons (Fsp3) is 0.186. The molecule has 0 saturated carbocycles. The highest BCUT2D eigenvalue weighted by atomic mass is 15.1. The molecular formula is C43H44N3+. The van der Waals surface area contributed by atoms with Crippen LogP contribution < -0.4 is 15.1 Å². The zero-order valence-electron chi connectivity index (χ0n) is 27.4. The van der Waals surface area contributed by atoms with E-state index in [1.54, 1.807) is 0 Å². The van der Waals surface area contributed by atoms with Gasteiger partial charge in [-0.05, 0) is 117 Å². The Hall–Kier alpha value is -5.15. The first-order valence-electron chi connectivity index (χ1n) is 16.6. The first kappa shape index (κ1) is 30.9. The topological polar surface area (TPSA) is 18.5 Å². The van der Waals surface area contributed by atoms with Crippen LogP contribution in [0.5, 0.6) is 0 Å². The van der Waals surface area contributed by atoms with Crippen molar-refractivity contribution in [2.24, 2.45) is 5.92 Å². The minimum atomic E-state index is 0.565. The number of nitrogens with zero attached hydrogens (tertiary/aromatic N) is 2. The maximum atomic E-state index is 3.70. The number of hydrogen-bond acceptors (Lipinski definition) is 3. The fourth-order valence-electron chi connectivity index (χ4n) is 6.32. The van der Waals surface area contributed by atoms with E-state index in [0.29, 0.717) is 5.92 Å². The maximum absolute atomic E-state index is 3.70. The Morgan fingerprint density at radius 1 is 0.500 bits per heavy atom. The average molecular weight is 603 g/mol. The third-order valence-electron chi connectivity index (χ3n) is 8.60. The zero-order chi connectivity index (χ0) is 31.9. The van der Waals surface area contributed by atoms with Crippen molar-refractivity contribution < 1.29 is 0 Å². The predicted octanol–water partition coefficient (Wildman–Crippen LogP) is 11.2. The molecule has 6 aromatic rings. The van der Waals surface area contributed by atoms with E-state index in [1.165, 1.54) is 61.8 Å². The van der Waals surface area contributed by atoms with Crippen LogP contribution >= 0.6 is 0 Å². The molecule has 0 heterocycles. The smallest absolute Gasteiger partial charge is 0.0638 e. The van der Waals surface area contributed by atoms with Gasteiger partial charge in [-0.2, -0.15) is 0 Å². The molecule has 0 amide bonds. The molecule has 0 aliphatic rings. The first-order valence-corrected chi connectivity index (χ1v) is 16.6. The van der Waals surface area contributed by atoms with E-state index in [9.17, 15) is 0 Å². The standard InChI is InChI=1S/C43H44N3/c1-5-45(35-15-9-7-10-16-35)37-25-21-33(22-26-37)43(34-23-27-38(28-24-34)46(6-2)36-17-11-8-12-18-36)41-29-30-42(44-31-32(3)4)40-20-14-13-19-39(40)41/h7-30,32,44H,5-6,31H2,1-4H3/q+1.